The lowest BCUT2D eigenvalue weighted by Gasteiger charge is -2.10. The van der Waals surface area contributed by atoms with E-state index >= 15 is 0 Å². The van der Waals surface area contributed by atoms with Crippen molar-refractivity contribution >= 4 is 24.1 Å². The third-order valence-corrected chi connectivity index (χ3v) is 3.31. The van der Waals surface area contributed by atoms with Gasteiger partial charge in [0, 0.05) is 24.7 Å². The minimum atomic E-state index is -1.00. The summed E-state index contributed by atoms with van der Waals surface area (Å²) < 4.78 is 1.92. The molecule has 0 spiro atoms. The minimum Gasteiger partial charge on any atom is -0.480 e. The Balaban J connectivity index is 2.25. The van der Waals surface area contributed by atoms with Gasteiger partial charge in [-0.25, -0.2) is 9.78 Å². The van der Waals surface area contributed by atoms with Crippen molar-refractivity contribution < 1.29 is 14.7 Å². The van der Waals surface area contributed by atoms with Crippen molar-refractivity contribution in [3.8, 4) is 0 Å². The molecule has 0 saturated carbocycles. The molecule has 1 rings (SSSR count). The maximum absolute atomic E-state index is 10.7. The van der Waals surface area contributed by atoms with E-state index in [2.05, 4.69) is 10.3 Å². The number of carboxylic acids is 1. The van der Waals surface area contributed by atoms with E-state index in [0.29, 0.717) is 18.6 Å². The smallest absolute Gasteiger partial charge is 0.326 e. The zero-order chi connectivity index (χ0) is 12.7. The molecule has 0 aliphatic heterocycles. The molecule has 1 unspecified atom stereocenters. The first kappa shape index (κ1) is 13.6. The summed E-state index contributed by atoms with van der Waals surface area (Å²) >= 11 is 1.62. The van der Waals surface area contributed by atoms with E-state index in [1.807, 2.05) is 11.6 Å². The second-order valence-electron chi connectivity index (χ2n) is 3.51. The van der Waals surface area contributed by atoms with Gasteiger partial charge in [0.2, 0.25) is 6.41 Å². The Bertz CT molecular complexity index is 381. The molecule has 0 bridgehead atoms. The molecular formula is C10H15N3O3S. The highest BCUT2D eigenvalue weighted by Crippen LogP contribution is 2.12. The Hall–Kier alpha value is -1.50. The number of amides is 1. The standard InChI is InChI=1S/C10H15N3O3S/c1-13-6-11-4-8(13)5-17-3-2-9(10(15)16)12-7-14/h4,6-7,9H,2-3,5H2,1H3,(H,12,14)(H,15,16). The highest BCUT2D eigenvalue weighted by molar-refractivity contribution is 7.98. The minimum absolute atomic E-state index is 0.413. The normalized spacial score (nSPS) is 12.1. The maximum atomic E-state index is 10.7. The molecule has 1 amide bonds. The largest absolute Gasteiger partial charge is 0.480 e. The number of nitrogens with one attached hydrogen (secondary N) is 1. The van der Waals surface area contributed by atoms with Crippen LogP contribution in [0.1, 0.15) is 12.1 Å². The summed E-state index contributed by atoms with van der Waals surface area (Å²) in [6.45, 7) is 0. The zero-order valence-electron chi connectivity index (χ0n) is 9.50. The Morgan fingerprint density at radius 2 is 2.53 bits per heavy atom. The first-order chi connectivity index (χ1) is 8.15. The first-order valence-electron chi connectivity index (χ1n) is 5.10. The highest BCUT2D eigenvalue weighted by atomic mass is 32.2. The summed E-state index contributed by atoms with van der Waals surface area (Å²) in [4.78, 5) is 24.9. The van der Waals surface area contributed by atoms with Gasteiger partial charge in [-0.3, -0.25) is 4.79 Å². The van der Waals surface area contributed by atoms with Gasteiger partial charge >= 0.3 is 5.97 Å². The average molecular weight is 257 g/mol. The van der Waals surface area contributed by atoms with Gasteiger partial charge in [-0.1, -0.05) is 0 Å². The predicted octanol–water partition coefficient (Wildman–Crippen LogP) is 0.243. The van der Waals surface area contributed by atoms with Crippen molar-refractivity contribution in [3.05, 3.63) is 18.2 Å². The molecule has 17 heavy (non-hydrogen) atoms. The van der Waals surface area contributed by atoms with E-state index in [-0.39, 0.29) is 0 Å². The molecule has 1 aromatic heterocycles. The van der Waals surface area contributed by atoms with Gasteiger partial charge in [0.15, 0.2) is 0 Å². The summed E-state index contributed by atoms with van der Waals surface area (Å²) in [6.07, 6.45) is 4.34. The van der Waals surface area contributed by atoms with Crippen LogP contribution in [-0.2, 0) is 22.4 Å². The molecule has 0 fully saturated rings. The van der Waals surface area contributed by atoms with Crippen molar-refractivity contribution in [3.63, 3.8) is 0 Å². The molecule has 0 aliphatic rings. The summed E-state index contributed by atoms with van der Waals surface area (Å²) in [5, 5.41) is 11.1. The van der Waals surface area contributed by atoms with Gasteiger partial charge in [0.05, 0.1) is 6.33 Å². The van der Waals surface area contributed by atoms with Gasteiger partial charge in [-0.2, -0.15) is 11.8 Å². The molecule has 7 heteroatoms. The van der Waals surface area contributed by atoms with Crippen molar-refractivity contribution in [2.75, 3.05) is 5.75 Å². The van der Waals surface area contributed by atoms with E-state index < -0.39 is 12.0 Å². The SMILES string of the molecule is Cn1cncc1CSCCC(NC=O)C(=O)O. The number of aryl methyl sites for hydroxylation is 1. The number of aliphatic carboxylic acids is 1. The number of hydrogen-bond acceptors (Lipinski definition) is 4. The lowest BCUT2D eigenvalue weighted by molar-refractivity contribution is -0.140. The molecule has 0 aromatic carbocycles. The highest BCUT2D eigenvalue weighted by Gasteiger charge is 2.15. The first-order valence-corrected chi connectivity index (χ1v) is 6.26. The second kappa shape index (κ2) is 6.95. The summed E-state index contributed by atoms with van der Waals surface area (Å²) in [5.41, 5.74) is 1.09. The van der Waals surface area contributed by atoms with Crippen LogP contribution in [0.3, 0.4) is 0 Å². The molecule has 94 valence electrons. The topological polar surface area (TPSA) is 84.2 Å². The van der Waals surface area contributed by atoms with E-state index in [4.69, 9.17) is 5.11 Å². The summed E-state index contributed by atoms with van der Waals surface area (Å²) in [5.74, 6) is 0.450. The van der Waals surface area contributed by atoms with Crippen LogP contribution in [0.15, 0.2) is 12.5 Å². The van der Waals surface area contributed by atoms with E-state index in [1.165, 1.54) is 0 Å². The van der Waals surface area contributed by atoms with E-state index in [0.717, 1.165) is 11.4 Å². The number of hydrogen-bond donors (Lipinski definition) is 2. The molecule has 1 heterocycles. The predicted molar refractivity (Wildman–Crippen MR) is 64.6 cm³/mol. The van der Waals surface area contributed by atoms with Crippen LogP contribution in [0.2, 0.25) is 0 Å². The average Bonchev–Trinajstić information content (AvgIpc) is 2.68. The van der Waals surface area contributed by atoms with Crippen LogP contribution in [0.4, 0.5) is 0 Å². The van der Waals surface area contributed by atoms with Crippen molar-refractivity contribution in [2.45, 2.75) is 18.2 Å². The lowest BCUT2D eigenvalue weighted by Crippen LogP contribution is -2.36. The Labute approximate surface area is 103 Å². The second-order valence-corrected chi connectivity index (χ2v) is 4.62. The Kier molecular flexibility index (Phi) is 5.55. The van der Waals surface area contributed by atoms with Gasteiger partial charge in [-0.05, 0) is 12.2 Å². The fraction of sp³-hybridized carbons (Fsp3) is 0.500. The van der Waals surface area contributed by atoms with Crippen LogP contribution >= 0.6 is 11.8 Å². The molecule has 1 aromatic rings. The van der Waals surface area contributed by atoms with Crippen LogP contribution in [-0.4, -0.2) is 38.8 Å². The monoisotopic (exact) mass is 257 g/mol. The number of carbonyl (C=O) groups is 2. The van der Waals surface area contributed by atoms with Crippen molar-refractivity contribution in [1.29, 1.82) is 0 Å². The fourth-order valence-corrected chi connectivity index (χ4v) is 2.30. The molecule has 0 aliphatic carbocycles. The van der Waals surface area contributed by atoms with Gasteiger partial charge in [0.1, 0.15) is 6.04 Å². The van der Waals surface area contributed by atoms with E-state index in [9.17, 15) is 9.59 Å². The van der Waals surface area contributed by atoms with E-state index in [1.54, 1.807) is 24.3 Å². The van der Waals surface area contributed by atoms with Crippen LogP contribution in [0, 0.1) is 0 Å². The number of rotatable bonds is 8. The van der Waals surface area contributed by atoms with Gasteiger partial charge < -0.3 is 15.0 Å². The quantitative estimate of drug-likeness (QED) is 0.515. The number of imidazole rings is 1. The molecule has 0 radical (unpaired) electrons. The summed E-state index contributed by atoms with van der Waals surface area (Å²) in [6, 6.07) is -0.800. The molecular weight excluding hydrogens is 242 g/mol. The number of nitrogens with zero attached hydrogens (tertiary/aromatic N) is 2. The maximum Gasteiger partial charge on any atom is 0.326 e. The Morgan fingerprint density at radius 3 is 3.06 bits per heavy atom. The molecule has 0 saturated heterocycles. The van der Waals surface area contributed by atoms with Gasteiger partial charge in [-0.15, -0.1) is 0 Å². The number of thioether (sulfide) groups is 1. The third-order valence-electron chi connectivity index (χ3n) is 2.28. The van der Waals surface area contributed by atoms with Crippen molar-refractivity contribution in [2.24, 2.45) is 7.05 Å². The zero-order valence-corrected chi connectivity index (χ0v) is 10.3. The number of carboxylic acid groups (broad SMARTS) is 1. The van der Waals surface area contributed by atoms with Gasteiger partial charge in [0.25, 0.3) is 0 Å². The third kappa shape index (κ3) is 4.48. The Morgan fingerprint density at radius 1 is 1.76 bits per heavy atom. The molecule has 2 N–H and O–H groups in total. The van der Waals surface area contributed by atoms with Crippen LogP contribution in [0.25, 0.3) is 0 Å². The number of carbonyl (C=O) groups excluding carboxylic acids is 1. The van der Waals surface area contributed by atoms with Crippen molar-refractivity contribution in [1.82, 2.24) is 14.9 Å². The molecule has 6 nitrogen and oxygen atoms in total. The van der Waals surface area contributed by atoms with Crippen LogP contribution < -0.4 is 5.32 Å². The molecule has 1 atom stereocenters. The fourth-order valence-electron chi connectivity index (χ4n) is 1.26. The number of aromatic nitrogens is 2. The van der Waals surface area contributed by atoms with Crippen LogP contribution in [0.5, 0.6) is 0 Å². The summed E-state index contributed by atoms with van der Waals surface area (Å²) in [7, 11) is 1.91. The lowest BCUT2D eigenvalue weighted by atomic mass is 10.2.